The number of halogens is 1. The third-order valence-electron chi connectivity index (χ3n) is 6.08. The SMILES string of the molecule is COc1cccc(OC)c1-n1c(NS(=O)(=O)[C@@H](C)[C@H](OC)c2ncc(Cl)cn2)nnc1C1CCCCO1. The van der Waals surface area contributed by atoms with Crippen LogP contribution < -0.4 is 14.2 Å². The molecule has 1 saturated heterocycles. The molecule has 3 heterocycles. The Morgan fingerprint density at radius 2 is 1.78 bits per heavy atom. The maximum Gasteiger partial charge on any atom is 0.243 e. The highest BCUT2D eigenvalue weighted by Crippen LogP contribution is 2.39. The third-order valence-corrected chi connectivity index (χ3v) is 7.97. The maximum absolute atomic E-state index is 13.6. The molecule has 1 N–H and O–H groups in total. The van der Waals surface area contributed by atoms with Gasteiger partial charge in [-0.15, -0.1) is 10.2 Å². The van der Waals surface area contributed by atoms with Crippen LogP contribution in [0.15, 0.2) is 30.6 Å². The van der Waals surface area contributed by atoms with Gasteiger partial charge < -0.3 is 18.9 Å². The van der Waals surface area contributed by atoms with E-state index in [0.29, 0.717) is 41.1 Å². The van der Waals surface area contributed by atoms with Crippen molar-refractivity contribution >= 4 is 27.6 Å². The Bertz CT molecular complexity index is 1290. The average Bonchev–Trinajstić information content (AvgIpc) is 3.32. The molecule has 1 aliphatic heterocycles. The minimum Gasteiger partial charge on any atom is -0.494 e. The normalized spacial score (nSPS) is 17.7. The summed E-state index contributed by atoms with van der Waals surface area (Å²) in [5.41, 5.74) is 0.441. The first-order chi connectivity index (χ1) is 17.8. The molecule has 1 aromatic carbocycles. The monoisotopic (exact) mass is 552 g/mol. The number of hydrogen-bond donors (Lipinski definition) is 1. The summed E-state index contributed by atoms with van der Waals surface area (Å²) in [6.07, 6.45) is 3.97. The van der Waals surface area contributed by atoms with E-state index < -0.39 is 21.4 Å². The predicted octanol–water partition coefficient (Wildman–Crippen LogP) is 3.49. The lowest BCUT2D eigenvalue weighted by Gasteiger charge is -2.25. The van der Waals surface area contributed by atoms with Crippen molar-refractivity contribution < 1.29 is 27.4 Å². The van der Waals surface area contributed by atoms with E-state index in [-0.39, 0.29) is 17.9 Å². The zero-order chi connectivity index (χ0) is 26.6. The van der Waals surface area contributed by atoms with E-state index in [1.165, 1.54) is 40.6 Å². The molecule has 37 heavy (non-hydrogen) atoms. The Labute approximate surface area is 220 Å². The number of methoxy groups -OCH3 is 3. The van der Waals surface area contributed by atoms with Gasteiger partial charge in [0.05, 0.1) is 19.2 Å². The second-order valence-electron chi connectivity index (χ2n) is 8.35. The molecular formula is C23H29ClN6O6S. The Morgan fingerprint density at radius 1 is 1.11 bits per heavy atom. The van der Waals surface area contributed by atoms with Crippen LogP contribution in [0, 0.1) is 0 Å². The number of para-hydroxylation sites is 1. The first kappa shape index (κ1) is 27.0. The molecule has 2 aromatic heterocycles. The average molecular weight is 553 g/mol. The van der Waals surface area contributed by atoms with Crippen LogP contribution >= 0.6 is 11.6 Å². The number of aromatic nitrogens is 5. The van der Waals surface area contributed by atoms with Crippen molar-refractivity contribution in [3.8, 4) is 17.2 Å². The number of anilines is 1. The zero-order valence-electron chi connectivity index (χ0n) is 20.9. The van der Waals surface area contributed by atoms with Crippen molar-refractivity contribution in [3.05, 3.63) is 47.3 Å². The first-order valence-corrected chi connectivity index (χ1v) is 13.5. The van der Waals surface area contributed by atoms with Gasteiger partial charge in [-0.3, -0.25) is 9.29 Å². The molecule has 0 aliphatic carbocycles. The summed E-state index contributed by atoms with van der Waals surface area (Å²) in [4.78, 5) is 8.25. The highest BCUT2D eigenvalue weighted by molar-refractivity contribution is 7.93. The van der Waals surface area contributed by atoms with Gasteiger partial charge >= 0.3 is 0 Å². The lowest BCUT2D eigenvalue weighted by atomic mass is 10.1. The van der Waals surface area contributed by atoms with Crippen molar-refractivity contribution in [2.45, 2.75) is 43.6 Å². The molecule has 0 spiro atoms. The van der Waals surface area contributed by atoms with Crippen LogP contribution in [0.2, 0.25) is 5.02 Å². The molecule has 1 fully saturated rings. The Hall–Kier alpha value is -3.00. The number of nitrogens with zero attached hydrogens (tertiary/aromatic N) is 5. The van der Waals surface area contributed by atoms with Crippen LogP contribution in [0.3, 0.4) is 0 Å². The fourth-order valence-electron chi connectivity index (χ4n) is 4.15. The number of sulfonamides is 1. The summed E-state index contributed by atoms with van der Waals surface area (Å²) >= 11 is 5.88. The minimum atomic E-state index is -4.10. The largest absolute Gasteiger partial charge is 0.494 e. The summed E-state index contributed by atoms with van der Waals surface area (Å²) in [6, 6.07) is 5.25. The number of rotatable bonds is 10. The molecule has 14 heteroatoms. The molecule has 3 aromatic rings. The van der Waals surface area contributed by atoms with Gasteiger partial charge in [-0.2, -0.15) is 0 Å². The van der Waals surface area contributed by atoms with E-state index in [9.17, 15) is 8.42 Å². The third kappa shape index (κ3) is 5.64. The Kier molecular flexibility index (Phi) is 8.47. The maximum atomic E-state index is 13.6. The van der Waals surface area contributed by atoms with Crippen molar-refractivity contribution in [3.63, 3.8) is 0 Å². The molecule has 0 radical (unpaired) electrons. The molecule has 0 bridgehead atoms. The molecule has 4 rings (SSSR count). The Balaban J connectivity index is 1.78. The second kappa shape index (κ2) is 11.6. The number of hydrogen-bond acceptors (Lipinski definition) is 10. The van der Waals surface area contributed by atoms with Gasteiger partial charge in [-0.05, 0) is 38.3 Å². The second-order valence-corrected chi connectivity index (χ2v) is 10.8. The number of nitrogens with one attached hydrogen (secondary N) is 1. The van der Waals surface area contributed by atoms with Crippen LogP contribution in [-0.2, 0) is 19.5 Å². The fourth-order valence-corrected chi connectivity index (χ4v) is 5.38. The van der Waals surface area contributed by atoms with Gasteiger partial charge in [-0.25, -0.2) is 18.4 Å². The summed E-state index contributed by atoms with van der Waals surface area (Å²) in [7, 11) is 0.310. The molecule has 1 aliphatic rings. The van der Waals surface area contributed by atoms with Gasteiger partial charge in [0.25, 0.3) is 0 Å². The Morgan fingerprint density at radius 3 is 2.35 bits per heavy atom. The summed E-state index contributed by atoms with van der Waals surface area (Å²) < 4.78 is 53.9. The topological polar surface area (TPSA) is 140 Å². The minimum absolute atomic E-state index is 0.0503. The van der Waals surface area contributed by atoms with Gasteiger partial charge in [0.2, 0.25) is 16.0 Å². The molecule has 3 atom stereocenters. The van der Waals surface area contributed by atoms with Gasteiger partial charge in [-0.1, -0.05) is 17.7 Å². The van der Waals surface area contributed by atoms with E-state index in [1.807, 2.05) is 0 Å². The lowest BCUT2D eigenvalue weighted by molar-refractivity contribution is 0.00839. The lowest BCUT2D eigenvalue weighted by Crippen LogP contribution is -2.33. The predicted molar refractivity (Wildman–Crippen MR) is 136 cm³/mol. The molecule has 0 amide bonds. The highest BCUT2D eigenvalue weighted by Gasteiger charge is 2.36. The van der Waals surface area contributed by atoms with Crippen molar-refractivity contribution in [1.82, 2.24) is 24.7 Å². The first-order valence-electron chi connectivity index (χ1n) is 11.6. The van der Waals surface area contributed by atoms with E-state index >= 15 is 0 Å². The summed E-state index contributed by atoms with van der Waals surface area (Å²) in [5, 5.41) is 7.73. The molecular weight excluding hydrogens is 524 g/mol. The summed E-state index contributed by atoms with van der Waals surface area (Å²) in [5.74, 6) is 1.43. The van der Waals surface area contributed by atoms with Crippen LogP contribution in [0.1, 0.15) is 50.0 Å². The highest BCUT2D eigenvalue weighted by atomic mass is 35.5. The smallest absolute Gasteiger partial charge is 0.243 e. The zero-order valence-corrected chi connectivity index (χ0v) is 22.5. The van der Waals surface area contributed by atoms with Crippen LogP contribution in [-0.4, -0.2) is 66.3 Å². The number of benzene rings is 1. The van der Waals surface area contributed by atoms with Crippen LogP contribution in [0.25, 0.3) is 5.69 Å². The van der Waals surface area contributed by atoms with Crippen molar-refractivity contribution in [2.24, 2.45) is 0 Å². The fraction of sp³-hybridized carbons (Fsp3) is 0.478. The van der Waals surface area contributed by atoms with Gasteiger partial charge in [0.1, 0.15) is 34.6 Å². The van der Waals surface area contributed by atoms with E-state index in [2.05, 4.69) is 24.9 Å². The van der Waals surface area contributed by atoms with Gasteiger partial charge in [0, 0.05) is 26.1 Å². The van der Waals surface area contributed by atoms with Crippen LogP contribution in [0.4, 0.5) is 5.95 Å². The summed E-state index contributed by atoms with van der Waals surface area (Å²) in [6.45, 7) is 2.05. The standard InChI is InChI=1S/C23H29ClN6O6S/c1-14(20(35-4)21-25-12-15(24)13-26-21)37(31,32)29-23-28-27-22(18-8-5-6-11-36-18)30(23)19-16(33-2)9-7-10-17(19)34-3/h7,9-10,12-14,18,20H,5-6,8,11H2,1-4H3,(H,28,29)/t14-,18?,20-/m0/s1. The van der Waals surface area contributed by atoms with E-state index in [0.717, 1.165) is 12.8 Å². The van der Waals surface area contributed by atoms with Crippen molar-refractivity contribution in [2.75, 3.05) is 32.7 Å². The van der Waals surface area contributed by atoms with E-state index in [1.54, 1.807) is 22.8 Å². The molecule has 12 nitrogen and oxygen atoms in total. The molecule has 200 valence electrons. The van der Waals surface area contributed by atoms with E-state index in [4.69, 9.17) is 30.5 Å². The number of ether oxygens (including phenoxy) is 4. The van der Waals surface area contributed by atoms with Gasteiger partial charge in [0.15, 0.2) is 11.6 Å². The van der Waals surface area contributed by atoms with Crippen molar-refractivity contribution in [1.29, 1.82) is 0 Å². The van der Waals surface area contributed by atoms with Crippen LogP contribution in [0.5, 0.6) is 11.5 Å². The molecule has 0 saturated carbocycles. The molecule has 1 unspecified atom stereocenters. The quantitative estimate of drug-likeness (QED) is 0.397.